The molecule has 2 aromatic carbocycles. The molecule has 4 aromatic rings. The minimum absolute atomic E-state index is 0. The third kappa shape index (κ3) is 16.6. The zero-order valence-electron chi connectivity index (χ0n) is 21.3. The van der Waals surface area contributed by atoms with Crippen LogP contribution in [0.3, 0.4) is 0 Å². The van der Waals surface area contributed by atoms with Gasteiger partial charge < -0.3 is 16.6 Å². The van der Waals surface area contributed by atoms with Crippen LogP contribution in [0.25, 0.3) is 20.2 Å². The summed E-state index contributed by atoms with van der Waals surface area (Å²) in [7, 11) is 0. The molecule has 0 aliphatic carbocycles. The minimum Gasteiger partial charge on any atom is -0.350 e. The first-order valence-electron chi connectivity index (χ1n) is 10.2. The van der Waals surface area contributed by atoms with Crippen LogP contribution < -0.4 is 30.2 Å². The van der Waals surface area contributed by atoms with Crippen molar-refractivity contribution in [3.05, 3.63) is 70.4 Å². The van der Waals surface area contributed by atoms with E-state index in [0.717, 1.165) is 19.8 Å². The van der Waals surface area contributed by atoms with Crippen LogP contribution >= 0.6 is 121 Å². The molecule has 2 atom stereocenters. The molecular formula is C22H28I6N4O5S2. The van der Waals surface area contributed by atoms with Crippen LogP contribution in [-0.4, -0.2) is 32.6 Å². The fourth-order valence-electron chi connectivity index (χ4n) is 2.73. The number of hydrogen-bond acceptors (Lipinski definition) is 7. The summed E-state index contributed by atoms with van der Waals surface area (Å²) in [6.45, 7) is 3.53. The predicted octanol–water partition coefficient (Wildman–Crippen LogP) is 6.01. The monoisotopic (exact) mass is 1250 g/mol. The van der Waals surface area contributed by atoms with Crippen molar-refractivity contribution in [2.75, 3.05) is 0 Å². The zero-order valence-corrected chi connectivity index (χ0v) is 35.1. The third-order valence-corrected chi connectivity index (χ3v) is 6.99. The number of nitrogens with zero attached hydrogens (tertiary/aromatic N) is 1. The number of carbonyl (C=O) groups is 2. The van der Waals surface area contributed by atoms with Gasteiger partial charge in [0.25, 0.3) is 0 Å². The Morgan fingerprint density at radius 1 is 0.949 bits per heavy atom. The van der Waals surface area contributed by atoms with Gasteiger partial charge in [-0.2, -0.15) is 5.06 Å². The summed E-state index contributed by atoms with van der Waals surface area (Å²) in [6, 6.07) is 17.9. The van der Waals surface area contributed by atoms with E-state index in [0.29, 0.717) is 18.3 Å². The van der Waals surface area contributed by atoms with Gasteiger partial charge in [0.15, 0.2) is 0 Å². The average molecular weight is 1250 g/mol. The second-order valence-corrected chi connectivity index (χ2v) is 25.4. The average Bonchev–Trinajstić information content (AvgIpc) is 3.55. The van der Waals surface area contributed by atoms with E-state index in [1.165, 1.54) is 15.6 Å². The summed E-state index contributed by atoms with van der Waals surface area (Å²) >= 11 is 12.7. The van der Waals surface area contributed by atoms with Crippen molar-refractivity contribution in [3.63, 3.8) is 0 Å². The van der Waals surface area contributed by atoms with E-state index in [1.807, 2.05) is 48.5 Å². The summed E-state index contributed by atoms with van der Waals surface area (Å²) in [5, 5.41) is 29.1. The van der Waals surface area contributed by atoms with Gasteiger partial charge in [0.05, 0.1) is 12.1 Å². The molecule has 2 unspecified atom stereocenters. The number of primary amides is 2. The Hall–Kier alpha value is 1.16. The molecule has 8 N–H and O–H groups in total. The van der Waals surface area contributed by atoms with Crippen LogP contribution in [0.2, 0.25) is 0 Å². The number of nitrogens with two attached hydrogens (primary N) is 2. The molecule has 2 heterocycles. The summed E-state index contributed by atoms with van der Waals surface area (Å²) in [4.78, 5) is 22.0. The van der Waals surface area contributed by atoms with E-state index in [4.69, 9.17) is 10.9 Å². The number of halogens is 6. The Kier molecular flexibility index (Phi) is 26.7. The molecule has 9 nitrogen and oxygen atoms in total. The van der Waals surface area contributed by atoms with E-state index in [1.54, 1.807) is 36.5 Å². The maximum atomic E-state index is 10.8. The van der Waals surface area contributed by atoms with Crippen molar-refractivity contribution in [3.8, 4) is 0 Å². The molecule has 0 saturated heterocycles. The van der Waals surface area contributed by atoms with Crippen LogP contribution in [0, 0.1) is 0 Å². The summed E-state index contributed by atoms with van der Waals surface area (Å²) in [5.74, 6) is 0. The second kappa shape index (κ2) is 24.6. The molecule has 0 aliphatic rings. The van der Waals surface area contributed by atoms with Crippen molar-refractivity contribution in [2.45, 2.75) is 26.0 Å². The van der Waals surface area contributed by atoms with Crippen molar-refractivity contribution in [1.29, 1.82) is 0 Å². The van der Waals surface area contributed by atoms with Gasteiger partial charge >= 0.3 is 64.0 Å². The molecule has 4 rings (SSSR count). The molecular weight excluding hydrogens is 1230 g/mol. The van der Waals surface area contributed by atoms with E-state index in [9.17, 15) is 19.9 Å². The normalized spacial score (nSPS) is 10.9. The number of aliphatic hydroxyl groups excluding tert-OH is 1. The largest absolute Gasteiger partial charge is 1.00 e. The smallest absolute Gasteiger partial charge is 0.350 e. The quantitative estimate of drug-likeness (QED) is 0.0841. The molecule has 0 aliphatic heterocycles. The number of aliphatic hydroxyl groups is 1. The molecule has 0 bridgehead atoms. The first-order valence-corrected chi connectivity index (χ1v) is 30.7. The molecule has 0 spiro atoms. The summed E-state index contributed by atoms with van der Waals surface area (Å²) < 4.78 is 2.37. The van der Waals surface area contributed by atoms with Gasteiger partial charge in [-0.15, -0.1) is 46.7 Å². The molecule has 39 heavy (non-hydrogen) atoms. The topological polar surface area (TPSA) is 162 Å². The first kappa shape index (κ1) is 42.3. The van der Waals surface area contributed by atoms with Crippen molar-refractivity contribution < 1.29 is 39.8 Å². The molecule has 220 valence electrons. The fourth-order valence-corrected chi connectivity index (χ4v) is 4.83. The Labute approximate surface area is 306 Å². The molecule has 4 amide bonds. The number of amides is 4. The van der Waals surface area contributed by atoms with Gasteiger partial charge in [-0.3, -0.25) is 10.4 Å². The van der Waals surface area contributed by atoms with Gasteiger partial charge in [-0.05, 0) is 48.9 Å². The molecule has 2 aromatic heterocycles. The Morgan fingerprint density at radius 3 is 1.64 bits per heavy atom. The Bertz CT molecular complexity index is 1190. The number of urea groups is 2. The van der Waals surface area contributed by atoms with Crippen LogP contribution in [0.1, 0.15) is 37.2 Å². The van der Waals surface area contributed by atoms with Gasteiger partial charge in [0.2, 0.25) is 0 Å². The maximum absolute atomic E-state index is 10.8. The number of benzene rings is 2. The van der Waals surface area contributed by atoms with Crippen LogP contribution in [-0.2, 0) is 0 Å². The molecule has 0 saturated carbocycles. The minimum atomic E-state index is -0.940. The number of hydroxylamine groups is 3. The van der Waals surface area contributed by atoms with E-state index in [2.05, 4.69) is 92.3 Å². The molecule has 17 heteroatoms. The number of thiophene rings is 2. The van der Waals surface area contributed by atoms with E-state index >= 15 is 0 Å². The molecule has 0 fully saturated rings. The SMILES string of the molecule is CC(O)c1cc2ccccc2s1.CC(c1cc2ccccc2s1)N(O)C(N)=O.I.II.I[I-]I.NC(=O)NO.[H+]. The zero-order chi connectivity index (χ0) is 29.3. The van der Waals surface area contributed by atoms with Crippen LogP contribution in [0.15, 0.2) is 60.7 Å². The summed E-state index contributed by atoms with van der Waals surface area (Å²) in [5.41, 5.74) is 10.5. The van der Waals surface area contributed by atoms with Crippen molar-refractivity contribution in [2.24, 2.45) is 11.5 Å². The Morgan fingerprint density at radius 2 is 1.31 bits per heavy atom. The first-order chi connectivity index (χ1) is 18.0. The third-order valence-electron chi connectivity index (χ3n) is 4.42. The standard InChI is InChI=1S/C11H12N2O2S.C10H10OS.CH4N2O2.I3.I2.HI/c1-7(13(15)11(12)14)10-6-8-4-2-3-5-9(8)16-10;1-7(11)10-6-8-4-2-3-5-9(8)12-10;2-1(4)3-5;1-3-2;1-2;/h2-7,15H,1H3,(H2,12,14);2-7,11H,1H3;5H,(H3,2,3,4);;;1H/q;;;-1;;/p+1. The van der Waals surface area contributed by atoms with E-state index < -0.39 is 18.1 Å². The number of carbonyl (C=O) groups excluding carboxylic acids is 2. The number of rotatable bonds is 3. The van der Waals surface area contributed by atoms with Gasteiger partial charge in [0, 0.05) is 56.4 Å². The van der Waals surface area contributed by atoms with Crippen molar-refractivity contribution in [1.82, 2.24) is 10.5 Å². The van der Waals surface area contributed by atoms with Gasteiger partial charge in [-0.25, -0.2) is 15.1 Å². The van der Waals surface area contributed by atoms with Crippen LogP contribution in [0.5, 0.6) is 0 Å². The fraction of sp³-hybridized carbons (Fsp3) is 0.182. The number of hydrogen-bond donors (Lipinski definition) is 6. The van der Waals surface area contributed by atoms with Gasteiger partial charge in [-0.1, -0.05) is 36.4 Å². The summed E-state index contributed by atoms with van der Waals surface area (Å²) in [6.07, 6.45) is -0.345. The number of fused-ring (bicyclic) bond motifs is 2. The van der Waals surface area contributed by atoms with Gasteiger partial charge in [0.1, 0.15) is 0 Å². The Balaban J connectivity index is -0.000000506. The van der Waals surface area contributed by atoms with Crippen LogP contribution in [0.4, 0.5) is 9.59 Å². The van der Waals surface area contributed by atoms with Crippen molar-refractivity contribution >= 4 is 153 Å². The van der Waals surface area contributed by atoms with E-state index in [-0.39, 0.29) is 31.5 Å². The number of nitrogens with one attached hydrogen (secondary N) is 1. The molecule has 0 radical (unpaired) electrons. The predicted molar refractivity (Wildman–Crippen MR) is 203 cm³/mol. The maximum Gasteiger partial charge on any atom is 1.00 e. The second-order valence-electron chi connectivity index (χ2n) is 6.94.